The first-order chi connectivity index (χ1) is 7.54. The number of pyridine rings is 1. The lowest BCUT2D eigenvalue weighted by atomic mass is 10.3. The minimum Gasteiger partial charge on any atom is -0.347 e. The quantitative estimate of drug-likeness (QED) is 0.787. The van der Waals surface area contributed by atoms with Crippen molar-refractivity contribution in [2.24, 2.45) is 5.73 Å². The highest BCUT2D eigenvalue weighted by Gasteiger charge is 2.17. The zero-order valence-electron chi connectivity index (χ0n) is 8.34. The van der Waals surface area contributed by atoms with Crippen LogP contribution in [0, 0.1) is 11.6 Å². The van der Waals surface area contributed by atoms with E-state index in [1.807, 2.05) is 0 Å². The molecule has 1 heterocycles. The van der Waals surface area contributed by atoms with Crippen LogP contribution in [0.2, 0.25) is 0 Å². The summed E-state index contributed by atoms with van der Waals surface area (Å²) in [7, 11) is 0. The molecule has 0 radical (unpaired) electrons. The number of nitrogens with two attached hydrogens (primary N) is 1. The summed E-state index contributed by atoms with van der Waals surface area (Å²) in [5.41, 5.74) is 5.21. The van der Waals surface area contributed by atoms with Gasteiger partial charge >= 0.3 is 0 Å². The van der Waals surface area contributed by atoms with Gasteiger partial charge in [0.05, 0.1) is 12.7 Å². The van der Waals surface area contributed by atoms with Crippen molar-refractivity contribution >= 4 is 5.82 Å². The van der Waals surface area contributed by atoms with Crippen LogP contribution in [0.4, 0.5) is 23.4 Å². The fourth-order valence-corrected chi connectivity index (χ4v) is 1.25. The van der Waals surface area contributed by atoms with E-state index in [1.165, 1.54) is 0 Å². The molecule has 0 aliphatic rings. The molecule has 0 atom stereocenters. The van der Waals surface area contributed by atoms with E-state index in [-0.39, 0.29) is 18.9 Å². The third-order valence-corrected chi connectivity index (χ3v) is 1.85. The smallest absolute Gasteiger partial charge is 0.255 e. The standard InChI is InChI=1S/C9H11F4N3/c10-6-3-7(11)9(15-4-6)16(2-1-14)5-8(12)13/h3-4,8H,1-2,5,14H2. The van der Waals surface area contributed by atoms with E-state index in [0.29, 0.717) is 6.07 Å². The van der Waals surface area contributed by atoms with Gasteiger partial charge in [-0.05, 0) is 0 Å². The zero-order chi connectivity index (χ0) is 12.1. The molecule has 3 nitrogen and oxygen atoms in total. The van der Waals surface area contributed by atoms with Gasteiger partial charge in [0.25, 0.3) is 6.43 Å². The van der Waals surface area contributed by atoms with Crippen LogP contribution in [0.1, 0.15) is 0 Å². The number of rotatable bonds is 5. The summed E-state index contributed by atoms with van der Waals surface area (Å²) in [6.45, 7) is -0.585. The monoisotopic (exact) mass is 237 g/mol. The molecule has 0 aliphatic heterocycles. The van der Waals surface area contributed by atoms with E-state index >= 15 is 0 Å². The summed E-state index contributed by atoms with van der Waals surface area (Å²) in [6.07, 6.45) is -1.87. The molecule has 7 heteroatoms. The topological polar surface area (TPSA) is 42.1 Å². The maximum absolute atomic E-state index is 13.2. The Labute approximate surface area is 89.9 Å². The number of aromatic nitrogens is 1. The lowest BCUT2D eigenvalue weighted by Gasteiger charge is -2.22. The van der Waals surface area contributed by atoms with Crippen molar-refractivity contribution in [1.29, 1.82) is 0 Å². The van der Waals surface area contributed by atoms with Gasteiger partial charge in [-0.25, -0.2) is 22.5 Å². The molecule has 0 spiro atoms. The molecule has 0 fully saturated rings. The zero-order valence-corrected chi connectivity index (χ0v) is 8.34. The van der Waals surface area contributed by atoms with E-state index in [0.717, 1.165) is 11.1 Å². The van der Waals surface area contributed by atoms with Crippen LogP contribution in [-0.2, 0) is 0 Å². The Kier molecular flexibility index (Phi) is 4.48. The van der Waals surface area contributed by atoms with Crippen LogP contribution in [0.25, 0.3) is 0 Å². The molecule has 0 unspecified atom stereocenters. The Morgan fingerprint density at radius 3 is 2.56 bits per heavy atom. The van der Waals surface area contributed by atoms with E-state index in [4.69, 9.17) is 5.73 Å². The van der Waals surface area contributed by atoms with Gasteiger partial charge in [0.1, 0.15) is 5.82 Å². The van der Waals surface area contributed by atoms with Crippen molar-refractivity contribution < 1.29 is 17.6 Å². The molecule has 0 aromatic carbocycles. The van der Waals surface area contributed by atoms with E-state index in [9.17, 15) is 17.6 Å². The van der Waals surface area contributed by atoms with E-state index < -0.39 is 24.6 Å². The van der Waals surface area contributed by atoms with Crippen LogP contribution >= 0.6 is 0 Å². The third kappa shape index (κ3) is 3.34. The fraction of sp³-hybridized carbons (Fsp3) is 0.444. The first kappa shape index (κ1) is 12.7. The molecule has 2 N–H and O–H groups in total. The molecule has 1 rings (SSSR count). The van der Waals surface area contributed by atoms with Crippen LogP contribution in [0.15, 0.2) is 12.3 Å². The van der Waals surface area contributed by atoms with Crippen molar-refractivity contribution in [3.05, 3.63) is 23.9 Å². The molecule has 1 aromatic heterocycles. The summed E-state index contributed by atoms with van der Waals surface area (Å²) in [4.78, 5) is 4.42. The molecule has 0 amide bonds. The highest BCUT2D eigenvalue weighted by Crippen LogP contribution is 2.17. The molecule has 90 valence electrons. The number of alkyl halides is 2. The largest absolute Gasteiger partial charge is 0.347 e. The Bertz CT molecular complexity index is 346. The van der Waals surface area contributed by atoms with Gasteiger partial charge in [-0.15, -0.1) is 0 Å². The molecular formula is C9H11F4N3. The normalized spacial score (nSPS) is 10.9. The van der Waals surface area contributed by atoms with Crippen molar-refractivity contribution in [2.45, 2.75) is 6.43 Å². The third-order valence-electron chi connectivity index (χ3n) is 1.85. The SMILES string of the molecule is NCCN(CC(F)F)c1ncc(F)cc1F. The molecular weight excluding hydrogens is 226 g/mol. The Morgan fingerprint density at radius 2 is 2.06 bits per heavy atom. The average molecular weight is 237 g/mol. The number of anilines is 1. The van der Waals surface area contributed by atoms with Gasteiger partial charge < -0.3 is 10.6 Å². The molecule has 0 aliphatic carbocycles. The second-order valence-electron chi connectivity index (χ2n) is 3.08. The van der Waals surface area contributed by atoms with Gasteiger partial charge in [0, 0.05) is 19.2 Å². The second-order valence-corrected chi connectivity index (χ2v) is 3.08. The lowest BCUT2D eigenvalue weighted by Crippen LogP contribution is -2.34. The molecule has 0 saturated carbocycles. The van der Waals surface area contributed by atoms with Crippen LogP contribution < -0.4 is 10.6 Å². The fourth-order valence-electron chi connectivity index (χ4n) is 1.25. The Morgan fingerprint density at radius 1 is 1.38 bits per heavy atom. The number of nitrogens with zero attached hydrogens (tertiary/aromatic N) is 2. The molecule has 0 saturated heterocycles. The van der Waals surface area contributed by atoms with Crippen molar-refractivity contribution in [3.8, 4) is 0 Å². The molecule has 0 bridgehead atoms. The predicted octanol–water partition coefficient (Wildman–Crippen LogP) is 1.39. The molecule has 1 aromatic rings. The maximum Gasteiger partial charge on any atom is 0.255 e. The first-order valence-electron chi connectivity index (χ1n) is 4.58. The van der Waals surface area contributed by atoms with Gasteiger partial charge in [0.2, 0.25) is 0 Å². The van der Waals surface area contributed by atoms with Crippen LogP contribution in [0.5, 0.6) is 0 Å². The van der Waals surface area contributed by atoms with Crippen LogP contribution in [-0.4, -0.2) is 31.0 Å². The number of halogens is 4. The number of hydrogen-bond donors (Lipinski definition) is 1. The maximum atomic E-state index is 13.2. The highest BCUT2D eigenvalue weighted by molar-refractivity contribution is 5.39. The van der Waals surface area contributed by atoms with Gasteiger partial charge in [-0.1, -0.05) is 0 Å². The predicted molar refractivity (Wildman–Crippen MR) is 51.4 cm³/mol. The Balaban J connectivity index is 2.91. The highest BCUT2D eigenvalue weighted by atomic mass is 19.3. The van der Waals surface area contributed by atoms with Crippen molar-refractivity contribution in [3.63, 3.8) is 0 Å². The lowest BCUT2D eigenvalue weighted by molar-refractivity contribution is 0.154. The summed E-state index contributed by atoms with van der Waals surface area (Å²) in [5, 5.41) is 0. The van der Waals surface area contributed by atoms with Gasteiger partial charge in [-0.2, -0.15) is 0 Å². The van der Waals surface area contributed by atoms with Gasteiger partial charge in [0.15, 0.2) is 11.6 Å². The summed E-state index contributed by atoms with van der Waals surface area (Å²) >= 11 is 0. The van der Waals surface area contributed by atoms with Crippen LogP contribution in [0.3, 0.4) is 0 Å². The van der Waals surface area contributed by atoms with Gasteiger partial charge in [-0.3, -0.25) is 0 Å². The summed E-state index contributed by atoms with van der Waals surface area (Å²) in [6, 6.07) is 0.595. The summed E-state index contributed by atoms with van der Waals surface area (Å²) in [5.74, 6) is -2.15. The minimum absolute atomic E-state index is 0.0277. The minimum atomic E-state index is -2.64. The van der Waals surface area contributed by atoms with E-state index in [2.05, 4.69) is 4.98 Å². The Hall–Kier alpha value is -1.37. The number of hydrogen-bond acceptors (Lipinski definition) is 3. The van der Waals surface area contributed by atoms with E-state index in [1.54, 1.807) is 0 Å². The van der Waals surface area contributed by atoms with Crippen molar-refractivity contribution in [2.75, 3.05) is 24.5 Å². The van der Waals surface area contributed by atoms with Crippen molar-refractivity contribution in [1.82, 2.24) is 4.98 Å². The molecule has 16 heavy (non-hydrogen) atoms. The average Bonchev–Trinajstić information content (AvgIpc) is 2.16. The first-order valence-corrected chi connectivity index (χ1v) is 4.58. The second kappa shape index (κ2) is 5.64. The summed E-state index contributed by atoms with van der Waals surface area (Å²) < 4.78 is 50.2.